The molecule has 92 valence electrons. The number of nitriles is 1. The van der Waals surface area contributed by atoms with E-state index in [-0.39, 0.29) is 17.9 Å². The van der Waals surface area contributed by atoms with E-state index in [9.17, 15) is 9.00 Å². The van der Waals surface area contributed by atoms with Crippen LogP contribution in [0.25, 0.3) is 0 Å². The van der Waals surface area contributed by atoms with Crippen molar-refractivity contribution in [2.24, 2.45) is 11.8 Å². The van der Waals surface area contributed by atoms with Crippen LogP contribution in [-0.2, 0) is 15.6 Å². The summed E-state index contributed by atoms with van der Waals surface area (Å²) in [5, 5.41) is 11.6. The van der Waals surface area contributed by atoms with Gasteiger partial charge in [-0.3, -0.25) is 9.00 Å². The molecule has 1 N–H and O–H groups in total. The zero-order valence-corrected chi connectivity index (χ0v) is 11.1. The number of hydrogen-bond acceptors (Lipinski definition) is 3. The Morgan fingerprint density at radius 3 is 2.38 bits per heavy atom. The van der Waals surface area contributed by atoms with Crippen LogP contribution in [-0.4, -0.2) is 28.2 Å². The molecule has 0 aromatic rings. The summed E-state index contributed by atoms with van der Waals surface area (Å²) in [5.41, 5.74) is 0. The normalized spacial score (nSPS) is 16.2. The highest BCUT2D eigenvalue weighted by Crippen LogP contribution is 2.10. The largest absolute Gasteiger partial charge is 0.352 e. The fourth-order valence-electron chi connectivity index (χ4n) is 1.26. The number of carbonyl (C=O) groups excluding carboxylic acids is 1. The molecule has 0 saturated heterocycles. The zero-order chi connectivity index (χ0) is 12.7. The maximum absolute atomic E-state index is 11.7. The van der Waals surface area contributed by atoms with Gasteiger partial charge in [0.2, 0.25) is 5.91 Å². The van der Waals surface area contributed by atoms with Crippen LogP contribution in [0.3, 0.4) is 0 Å². The van der Waals surface area contributed by atoms with Gasteiger partial charge in [0.05, 0.1) is 6.07 Å². The molecule has 0 bridgehead atoms. The van der Waals surface area contributed by atoms with E-state index in [4.69, 9.17) is 5.26 Å². The number of hydrogen-bond donors (Lipinski definition) is 1. The third kappa shape index (κ3) is 5.86. The van der Waals surface area contributed by atoms with Gasteiger partial charge in [-0.05, 0) is 19.3 Å². The number of amides is 1. The first-order valence-corrected chi connectivity index (χ1v) is 7.11. The first-order chi connectivity index (χ1) is 7.38. The van der Waals surface area contributed by atoms with E-state index >= 15 is 0 Å². The van der Waals surface area contributed by atoms with Crippen molar-refractivity contribution in [3.05, 3.63) is 0 Å². The molecule has 0 radical (unpaired) electrons. The average molecular weight is 244 g/mol. The molecule has 0 aliphatic heterocycles. The number of nitrogens with one attached hydrogen (secondary N) is 1. The molecule has 0 aliphatic carbocycles. The van der Waals surface area contributed by atoms with Crippen molar-refractivity contribution < 1.29 is 9.00 Å². The minimum absolute atomic E-state index is 0.0116. The molecule has 3 atom stereocenters. The molecule has 1 amide bonds. The van der Waals surface area contributed by atoms with E-state index in [2.05, 4.69) is 5.32 Å². The van der Waals surface area contributed by atoms with Gasteiger partial charge in [0.25, 0.3) is 0 Å². The monoisotopic (exact) mass is 244 g/mol. The fourth-order valence-corrected chi connectivity index (χ4v) is 1.94. The molecule has 4 nitrogen and oxygen atoms in total. The Kier molecular flexibility index (Phi) is 6.98. The van der Waals surface area contributed by atoms with Crippen LogP contribution in [0.2, 0.25) is 0 Å². The topological polar surface area (TPSA) is 70.0 Å². The van der Waals surface area contributed by atoms with Gasteiger partial charge in [-0.25, -0.2) is 0 Å². The number of rotatable bonds is 6. The van der Waals surface area contributed by atoms with Crippen LogP contribution in [0.1, 0.15) is 27.2 Å². The molecule has 5 heteroatoms. The molecule has 0 rings (SSSR count). The lowest BCUT2D eigenvalue weighted by Crippen LogP contribution is -2.39. The summed E-state index contributed by atoms with van der Waals surface area (Å²) in [5.74, 6) is -0.251. The molecule has 0 fully saturated rings. The van der Waals surface area contributed by atoms with Crippen molar-refractivity contribution >= 4 is 16.7 Å². The van der Waals surface area contributed by atoms with Crippen LogP contribution in [0.4, 0.5) is 0 Å². The second kappa shape index (κ2) is 7.39. The van der Waals surface area contributed by atoms with Crippen molar-refractivity contribution in [3.63, 3.8) is 0 Å². The Morgan fingerprint density at radius 1 is 1.44 bits per heavy atom. The van der Waals surface area contributed by atoms with Crippen molar-refractivity contribution in [1.29, 1.82) is 5.26 Å². The van der Waals surface area contributed by atoms with E-state index in [0.29, 0.717) is 12.2 Å². The van der Waals surface area contributed by atoms with Crippen LogP contribution in [0, 0.1) is 23.2 Å². The maximum Gasteiger partial charge on any atom is 0.237 e. The summed E-state index contributed by atoms with van der Waals surface area (Å²) < 4.78 is 10.9. The van der Waals surface area contributed by atoms with Crippen molar-refractivity contribution in [1.82, 2.24) is 5.32 Å². The third-order valence-corrected chi connectivity index (χ3v) is 3.13. The van der Waals surface area contributed by atoms with E-state index in [1.54, 1.807) is 6.26 Å². The second-order valence-electron chi connectivity index (χ2n) is 4.33. The van der Waals surface area contributed by atoms with Crippen LogP contribution < -0.4 is 5.32 Å². The molecule has 0 aromatic carbocycles. The third-order valence-electron chi connectivity index (χ3n) is 2.32. The average Bonchev–Trinajstić information content (AvgIpc) is 2.15. The molecular weight excluding hydrogens is 224 g/mol. The predicted octanol–water partition coefficient (Wildman–Crippen LogP) is 1.06. The van der Waals surface area contributed by atoms with Crippen molar-refractivity contribution in [2.45, 2.75) is 33.2 Å². The van der Waals surface area contributed by atoms with E-state index in [1.165, 1.54) is 0 Å². The summed E-state index contributed by atoms with van der Waals surface area (Å²) in [6.45, 7) is 5.55. The summed E-state index contributed by atoms with van der Waals surface area (Å²) in [4.78, 5) is 11.7. The summed E-state index contributed by atoms with van der Waals surface area (Å²) in [6.07, 6.45) is 2.31. The smallest absolute Gasteiger partial charge is 0.237 e. The minimum Gasteiger partial charge on any atom is -0.352 e. The Balaban J connectivity index is 4.13. The van der Waals surface area contributed by atoms with E-state index in [1.807, 2.05) is 26.8 Å². The molecule has 0 aliphatic rings. The standard InChI is InChI=1S/C11H20N2O2S/c1-8(2)10(7-12)11(14)13-9(3)5-6-16(4)15/h8-10H,5-6H2,1-4H3,(H,13,14). The minimum atomic E-state index is -0.839. The summed E-state index contributed by atoms with van der Waals surface area (Å²) in [7, 11) is -0.839. The van der Waals surface area contributed by atoms with Crippen molar-refractivity contribution in [3.8, 4) is 6.07 Å². The van der Waals surface area contributed by atoms with Crippen LogP contribution in [0.5, 0.6) is 0 Å². The number of nitrogens with zero attached hydrogens (tertiary/aromatic N) is 1. The fraction of sp³-hybridized carbons (Fsp3) is 0.818. The SMILES string of the molecule is CC(CCS(C)=O)NC(=O)C(C#N)C(C)C. The first kappa shape index (κ1) is 15.1. The van der Waals surface area contributed by atoms with Gasteiger partial charge in [0.15, 0.2) is 0 Å². The predicted molar refractivity (Wildman–Crippen MR) is 65.1 cm³/mol. The first-order valence-electron chi connectivity index (χ1n) is 5.38. The van der Waals surface area contributed by atoms with Crippen LogP contribution >= 0.6 is 0 Å². The molecular formula is C11H20N2O2S. The molecule has 3 unspecified atom stereocenters. The van der Waals surface area contributed by atoms with Gasteiger partial charge in [0.1, 0.15) is 5.92 Å². The Bertz CT molecular complexity index is 297. The van der Waals surface area contributed by atoms with E-state index < -0.39 is 16.7 Å². The highest BCUT2D eigenvalue weighted by atomic mass is 32.2. The molecule has 0 saturated carbocycles. The Morgan fingerprint density at radius 2 is 2.00 bits per heavy atom. The second-order valence-corrected chi connectivity index (χ2v) is 5.88. The van der Waals surface area contributed by atoms with Crippen molar-refractivity contribution in [2.75, 3.05) is 12.0 Å². The zero-order valence-electron chi connectivity index (χ0n) is 10.3. The number of carbonyl (C=O) groups is 1. The van der Waals surface area contributed by atoms with Gasteiger partial charge in [-0.2, -0.15) is 5.26 Å². The Hall–Kier alpha value is -0.890. The molecule has 16 heavy (non-hydrogen) atoms. The molecule has 0 heterocycles. The van der Waals surface area contributed by atoms with E-state index in [0.717, 1.165) is 0 Å². The van der Waals surface area contributed by atoms with Crippen LogP contribution in [0.15, 0.2) is 0 Å². The van der Waals surface area contributed by atoms with Gasteiger partial charge in [0, 0.05) is 28.9 Å². The van der Waals surface area contributed by atoms with Gasteiger partial charge in [-0.15, -0.1) is 0 Å². The molecule has 0 aromatic heterocycles. The highest BCUT2D eigenvalue weighted by Gasteiger charge is 2.22. The summed E-state index contributed by atoms with van der Waals surface area (Å²) >= 11 is 0. The molecule has 0 spiro atoms. The lowest BCUT2D eigenvalue weighted by atomic mass is 9.96. The lowest BCUT2D eigenvalue weighted by molar-refractivity contribution is -0.125. The highest BCUT2D eigenvalue weighted by molar-refractivity contribution is 7.84. The van der Waals surface area contributed by atoms with Gasteiger partial charge >= 0.3 is 0 Å². The van der Waals surface area contributed by atoms with Gasteiger partial charge in [-0.1, -0.05) is 13.8 Å². The lowest BCUT2D eigenvalue weighted by Gasteiger charge is -2.17. The maximum atomic E-state index is 11.7. The Labute approximate surface area is 99.9 Å². The van der Waals surface area contributed by atoms with Gasteiger partial charge < -0.3 is 5.32 Å². The quantitative estimate of drug-likeness (QED) is 0.759. The summed E-state index contributed by atoms with van der Waals surface area (Å²) in [6, 6.07) is 1.96.